The molecule has 2 nitrogen and oxygen atoms in total. The minimum atomic E-state index is 0.152. The van der Waals surface area contributed by atoms with Crippen LogP contribution in [0, 0.1) is 12.3 Å². The number of benzene rings is 1. The van der Waals surface area contributed by atoms with Crippen molar-refractivity contribution in [2.24, 2.45) is 0 Å². The van der Waals surface area contributed by atoms with E-state index in [9.17, 15) is 4.79 Å². The van der Waals surface area contributed by atoms with E-state index in [2.05, 4.69) is 5.92 Å². The molecule has 0 radical (unpaired) electrons. The molecule has 0 bridgehead atoms. The van der Waals surface area contributed by atoms with Gasteiger partial charge in [-0.05, 0) is 30.7 Å². The number of terminal acetylenes is 1. The lowest BCUT2D eigenvalue weighted by Crippen LogP contribution is -1.99. The Kier molecular flexibility index (Phi) is 5.15. The fraction of sp³-hybridized carbons (Fsp3) is 0.357. The molecule has 84 valence electrons. The van der Waals surface area contributed by atoms with Crippen molar-refractivity contribution >= 4 is 5.78 Å². The number of ether oxygens (including phenoxy) is 1. The molecule has 0 aromatic heterocycles. The summed E-state index contributed by atoms with van der Waals surface area (Å²) in [6.07, 6.45) is 7.25. The summed E-state index contributed by atoms with van der Waals surface area (Å²) in [5.41, 5.74) is 0.735. The van der Waals surface area contributed by atoms with Gasteiger partial charge in [-0.15, -0.1) is 12.3 Å². The van der Waals surface area contributed by atoms with Crippen molar-refractivity contribution in [3.8, 4) is 18.1 Å². The third-order valence-corrected chi connectivity index (χ3v) is 2.23. The van der Waals surface area contributed by atoms with E-state index in [0.29, 0.717) is 13.0 Å². The maximum Gasteiger partial charge on any atom is 0.162 e. The Morgan fingerprint density at radius 3 is 2.62 bits per heavy atom. The molecule has 0 N–H and O–H groups in total. The van der Waals surface area contributed by atoms with Gasteiger partial charge in [0.05, 0.1) is 6.61 Å². The van der Waals surface area contributed by atoms with Gasteiger partial charge in [-0.25, -0.2) is 0 Å². The second-order valence-electron chi connectivity index (χ2n) is 3.46. The molecule has 1 aromatic rings. The third-order valence-electron chi connectivity index (χ3n) is 2.23. The first-order valence-corrected chi connectivity index (χ1v) is 5.47. The summed E-state index contributed by atoms with van der Waals surface area (Å²) in [6.45, 7) is 2.47. The van der Waals surface area contributed by atoms with Gasteiger partial charge in [0.2, 0.25) is 0 Å². The Morgan fingerprint density at radius 2 is 2.06 bits per heavy atom. The van der Waals surface area contributed by atoms with Crippen LogP contribution in [0.3, 0.4) is 0 Å². The molecule has 0 fully saturated rings. The molecule has 2 heteroatoms. The van der Waals surface area contributed by atoms with Crippen molar-refractivity contribution in [3.63, 3.8) is 0 Å². The summed E-state index contributed by atoms with van der Waals surface area (Å²) < 4.78 is 5.47. The fourth-order valence-corrected chi connectivity index (χ4v) is 1.31. The zero-order chi connectivity index (χ0) is 11.8. The quantitative estimate of drug-likeness (QED) is 0.415. The van der Waals surface area contributed by atoms with Gasteiger partial charge in [0, 0.05) is 18.4 Å². The lowest BCUT2D eigenvalue weighted by atomic mass is 10.1. The number of rotatable bonds is 6. The van der Waals surface area contributed by atoms with Gasteiger partial charge in [0.25, 0.3) is 0 Å². The van der Waals surface area contributed by atoms with Gasteiger partial charge in [-0.2, -0.15) is 0 Å². The van der Waals surface area contributed by atoms with Crippen LogP contribution in [0.4, 0.5) is 0 Å². The van der Waals surface area contributed by atoms with E-state index < -0.39 is 0 Å². The van der Waals surface area contributed by atoms with E-state index in [1.165, 1.54) is 0 Å². The Bertz CT molecular complexity index is 371. The zero-order valence-corrected chi connectivity index (χ0v) is 9.53. The number of ketones is 1. The number of carbonyl (C=O) groups excluding carboxylic acids is 1. The van der Waals surface area contributed by atoms with Gasteiger partial charge in [0.1, 0.15) is 5.75 Å². The van der Waals surface area contributed by atoms with Crippen LogP contribution < -0.4 is 4.74 Å². The van der Waals surface area contributed by atoms with Crippen LogP contribution in [-0.4, -0.2) is 12.4 Å². The highest BCUT2D eigenvalue weighted by Gasteiger charge is 2.02. The molecule has 1 aromatic carbocycles. The van der Waals surface area contributed by atoms with Crippen molar-refractivity contribution in [1.82, 2.24) is 0 Å². The van der Waals surface area contributed by atoms with E-state index in [-0.39, 0.29) is 5.78 Å². The van der Waals surface area contributed by atoms with Gasteiger partial charge >= 0.3 is 0 Å². The molecule has 0 atom stereocenters. The van der Waals surface area contributed by atoms with Crippen LogP contribution in [0.2, 0.25) is 0 Å². The van der Waals surface area contributed by atoms with Crippen LogP contribution in [-0.2, 0) is 0 Å². The first-order chi connectivity index (χ1) is 7.77. The predicted molar refractivity (Wildman–Crippen MR) is 64.6 cm³/mol. The molecule has 1 rings (SSSR count). The Morgan fingerprint density at radius 1 is 1.38 bits per heavy atom. The van der Waals surface area contributed by atoms with Gasteiger partial charge in [-0.1, -0.05) is 6.92 Å². The minimum absolute atomic E-state index is 0.152. The van der Waals surface area contributed by atoms with E-state index in [4.69, 9.17) is 11.2 Å². The Balaban J connectivity index is 2.46. The van der Waals surface area contributed by atoms with Crippen molar-refractivity contribution in [2.45, 2.75) is 26.2 Å². The summed E-state index contributed by atoms with van der Waals surface area (Å²) in [7, 11) is 0. The Hall–Kier alpha value is -1.75. The molecule has 0 amide bonds. The maximum atomic E-state index is 11.4. The van der Waals surface area contributed by atoms with Gasteiger partial charge < -0.3 is 4.74 Å². The highest BCUT2D eigenvalue weighted by Crippen LogP contribution is 2.13. The molecule has 0 aliphatic rings. The lowest BCUT2D eigenvalue weighted by molar-refractivity contribution is 0.0988. The van der Waals surface area contributed by atoms with Crippen molar-refractivity contribution in [1.29, 1.82) is 0 Å². The molecule has 0 saturated carbocycles. The second-order valence-corrected chi connectivity index (χ2v) is 3.46. The van der Waals surface area contributed by atoms with E-state index in [1.807, 2.05) is 19.1 Å². The Labute approximate surface area is 96.6 Å². The van der Waals surface area contributed by atoms with Gasteiger partial charge in [-0.3, -0.25) is 4.79 Å². The average molecular weight is 216 g/mol. The summed E-state index contributed by atoms with van der Waals surface area (Å²) >= 11 is 0. The molecule has 0 unspecified atom stereocenters. The van der Waals surface area contributed by atoms with Crippen LogP contribution in [0.1, 0.15) is 36.5 Å². The van der Waals surface area contributed by atoms with Crippen molar-refractivity contribution < 1.29 is 9.53 Å². The van der Waals surface area contributed by atoms with Crippen LogP contribution >= 0.6 is 0 Å². The van der Waals surface area contributed by atoms with E-state index >= 15 is 0 Å². The van der Waals surface area contributed by atoms with Crippen molar-refractivity contribution in [2.75, 3.05) is 6.61 Å². The minimum Gasteiger partial charge on any atom is -0.494 e. The first kappa shape index (κ1) is 12.3. The molecular weight excluding hydrogens is 200 g/mol. The number of carbonyl (C=O) groups is 1. The molecule has 0 aliphatic heterocycles. The largest absolute Gasteiger partial charge is 0.494 e. The predicted octanol–water partition coefficient (Wildman–Crippen LogP) is 3.07. The number of unbranched alkanes of at least 4 members (excludes halogenated alkanes) is 1. The van der Waals surface area contributed by atoms with E-state index in [1.54, 1.807) is 12.1 Å². The normalized spacial score (nSPS) is 9.50. The topological polar surface area (TPSA) is 26.3 Å². The summed E-state index contributed by atoms with van der Waals surface area (Å²) in [4.78, 5) is 11.4. The summed E-state index contributed by atoms with van der Waals surface area (Å²) in [6, 6.07) is 7.22. The molecular formula is C14H16O2. The highest BCUT2D eigenvalue weighted by molar-refractivity contribution is 5.95. The summed E-state index contributed by atoms with van der Waals surface area (Å²) in [5, 5.41) is 0. The molecule has 0 aliphatic carbocycles. The maximum absolute atomic E-state index is 11.4. The van der Waals surface area contributed by atoms with Crippen molar-refractivity contribution in [3.05, 3.63) is 29.8 Å². The second kappa shape index (κ2) is 6.68. The molecule has 0 spiro atoms. The molecule has 16 heavy (non-hydrogen) atoms. The van der Waals surface area contributed by atoms with Crippen LogP contribution in [0.15, 0.2) is 24.3 Å². The number of hydrogen-bond acceptors (Lipinski definition) is 2. The van der Waals surface area contributed by atoms with Crippen LogP contribution in [0.5, 0.6) is 5.75 Å². The zero-order valence-electron chi connectivity index (χ0n) is 9.53. The van der Waals surface area contributed by atoms with E-state index in [0.717, 1.165) is 24.2 Å². The first-order valence-electron chi connectivity index (χ1n) is 5.47. The lowest BCUT2D eigenvalue weighted by Gasteiger charge is -2.05. The monoisotopic (exact) mass is 216 g/mol. The van der Waals surface area contributed by atoms with Gasteiger partial charge in [0.15, 0.2) is 5.78 Å². The summed E-state index contributed by atoms with van der Waals surface area (Å²) in [5.74, 6) is 3.49. The third kappa shape index (κ3) is 3.78. The van der Waals surface area contributed by atoms with Crippen LogP contribution in [0.25, 0.3) is 0 Å². The molecule has 0 saturated heterocycles. The SMILES string of the molecule is C#CCCCOc1ccc(C(=O)CC)cc1. The number of hydrogen-bond donors (Lipinski definition) is 0. The highest BCUT2D eigenvalue weighted by atomic mass is 16.5. The number of Topliss-reactive ketones (excluding diaryl/α,β-unsaturated/α-hetero) is 1. The fourth-order valence-electron chi connectivity index (χ4n) is 1.31. The average Bonchev–Trinajstić information content (AvgIpc) is 2.34. The standard InChI is InChI=1S/C14H16O2/c1-3-5-6-11-16-13-9-7-12(8-10-13)14(15)4-2/h1,7-10H,4-6,11H2,2H3. The smallest absolute Gasteiger partial charge is 0.162 e. The molecule has 0 heterocycles.